The Morgan fingerprint density at radius 2 is 1.19 bits per heavy atom. The Hall–Kier alpha value is -6.39. The third kappa shape index (κ3) is 5.24. The molecule has 9 aromatic rings. The molecule has 12 rings (SSSR count). The van der Waals surface area contributed by atoms with Gasteiger partial charge in [0.15, 0.2) is 0 Å². The van der Waals surface area contributed by atoms with Crippen molar-refractivity contribution in [3.8, 4) is 33.8 Å². The predicted molar refractivity (Wildman–Crippen MR) is 265 cm³/mol. The molecule has 1 N–H and O–H groups in total. The first-order chi connectivity index (χ1) is 30.4. The molecule has 4 aromatic heterocycles. The van der Waals surface area contributed by atoms with Gasteiger partial charge in [0.1, 0.15) is 5.82 Å². The molecule has 0 radical (unpaired) electrons. The lowest BCUT2D eigenvalue weighted by Crippen LogP contribution is -2.24. The molecule has 0 amide bonds. The molecule has 0 saturated carbocycles. The second kappa shape index (κ2) is 13.6. The highest BCUT2D eigenvalue weighted by Gasteiger charge is 2.43. The summed E-state index contributed by atoms with van der Waals surface area (Å²) in [7, 11) is 0. The van der Waals surface area contributed by atoms with Crippen LogP contribution >= 0.6 is 0 Å². The summed E-state index contributed by atoms with van der Waals surface area (Å²) in [5, 5.41) is 4.05. The minimum Gasteiger partial charge on any atom is -0.348 e. The zero-order chi connectivity index (χ0) is 43.3. The van der Waals surface area contributed by atoms with Crippen LogP contribution in [0.5, 0.6) is 0 Å². The van der Waals surface area contributed by atoms with Gasteiger partial charge >= 0.3 is 0 Å². The summed E-state index contributed by atoms with van der Waals surface area (Å²) in [5.74, 6) is 2.36. The summed E-state index contributed by atoms with van der Waals surface area (Å²) >= 11 is 0. The van der Waals surface area contributed by atoms with E-state index < -0.39 is 0 Å². The van der Waals surface area contributed by atoms with Crippen LogP contribution in [-0.2, 0) is 6.42 Å². The number of H-pyrrole nitrogens is 1. The van der Waals surface area contributed by atoms with E-state index in [-0.39, 0.29) is 11.8 Å². The van der Waals surface area contributed by atoms with Gasteiger partial charge in [-0.05, 0) is 222 Å². The second-order valence-corrected chi connectivity index (χ2v) is 19.6. The normalized spacial score (nSPS) is 18.9. The summed E-state index contributed by atoms with van der Waals surface area (Å²) in [6.45, 7) is 23.5. The molecule has 4 unspecified atom stereocenters. The molecule has 0 aliphatic heterocycles. The van der Waals surface area contributed by atoms with Gasteiger partial charge < -0.3 is 9.55 Å². The molecule has 3 aliphatic carbocycles. The van der Waals surface area contributed by atoms with E-state index in [1.54, 1.807) is 0 Å². The van der Waals surface area contributed by atoms with Crippen LogP contribution in [0, 0.1) is 41.5 Å². The maximum absolute atomic E-state index is 4.70. The number of aromatic amines is 1. The van der Waals surface area contributed by atoms with Crippen LogP contribution < -0.4 is 0 Å². The first kappa shape index (κ1) is 38.3. The van der Waals surface area contributed by atoms with Crippen LogP contribution in [0.1, 0.15) is 130 Å². The zero-order valence-corrected chi connectivity index (χ0v) is 38.4. The predicted octanol–water partition coefficient (Wildman–Crippen LogP) is 15.6. The summed E-state index contributed by atoms with van der Waals surface area (Å²) in [6.07, 6.45) is 10.6. The number of aromatic nitrogens is 4. The molecule has 63 heavy (non-hydrogen) atoms. The van der Waals surface area contributed by atoms with Gasteiger partial charge in [0.05, 0.1) is 28.4 Å². The fourth-order valence-corrected chi connectivity index (χ4v) is 12.2. The van der Waals surface area contributed by atoms with Gasteiger partial charge in [-0.2, -0.15) is 0 Å². The molecule has 0 spiro atoms. The van der Waals surface area contributed by atoms with Crippen molar-refractivity contribution >= 4 is 44.4 Å². The zero-order valence-electron chi connectivity index (χ0n) is 38.4. The summed E-state index contributed by atoms with van der Waals surface area (Å²) in [5.41, 5.74) is 30.4. The highest BCUT2D eigenvalue weighted by Crippen LogP contribution is 2.61. The second-order valence-electron chi connectivity index (χ2n) is 19.6. The molecule has 0 saturated heterocycles. The van der Waals surface area contributed by atoms with Crippen LogP contribution in [0.3, 0.4) is 0 Å². The van der Waals surface area contributed by atoms with Crippen molar-refractivity contribution in [2.75, 3.05) is 0 Å². The minimum absolute atomic E-state index is 0.254. The lowest BCUT2D eigenvalue weighted by atomic mass is 9.62. The van der Waals surface area contributed by atoms with E-state index in [1.165, 1.54) is 133 Å². The molecule has 312 valence electrons. The van der Waals surface area contributed by atoms with Gasteiger partial charge in [-0.25, -0.2) is 0 Å². The van der Waals surface area contributed by atoms with Crippen molar-refractivity contribution in [2.45, 2.75) is 106 Å². The van der Waals surface area contributed by atoms with Crippen LogP contribution in [-0.4, -0.2) is 19.1 Å². The Kier molecular flexibility index (Phi) is 8.24. The smallest absolute Gasteiger partial charge is 0.114 e. The summed E-state index contributed by atoms with van der Waals surface area (Å²) < 4.78 is 5.16. The van der Waals surface area contributed by atoms with Crippen LogP contribution in [0.15, 0.2) is 97.5 Å². The standard InChI is InChI=1S/C59H56N4/c1-30-21-42(22-31(2)34(30)5)40-15-17-51-47(25-40)49-27-45-36(7)37(8)46-28-50-48-26-41(43-23-32(3)35(6)33(4)24-43)16-18-52(48)63(53-14-12-20-61-53)59(50)55-39(10)38(9)54(56(45)57(46)55)58(49)62(51)44-13-11-19-60-29-44/h11-15,17,19-29,36-39,61H,16,18H2,1-10H3. The average Bonchev–Trinajstić information content (AvgIpc) is 4.02. The van der Waals surface area contributed by atoms with E-state index in [9.17, 15) is 0 Å². The molecule has 4 heteroatoms. The fraction of sp³-hybridized carbons (Fsp3) is 0.271. The average molecular weight is 821 g/mol. The van der Waals surface area contributed by atoms with Crippen molar-refractivity contribution in [1.82, 2.24) is 19.1 Å². The van der Waals surface area contributed by atoms with Crippen molar-refractivity contribution in [1.29, 1.82) is 0 Å². The topological polar surface area (TPSA) is 38.5 Å². The van der Waals surface area contributed by atoms with E-state index in [4.69, 9.17) is 4.98 Å². The van der Waals surface area contributed by atoms with E-state index in [0.29, 0.717) is 11.8 Å². The molecule has 5 aromatic carbocycles. The van der Waals surface area contributed by atoms with Crippen LogP contribution in [0.2, 0.25) is 0 Å². The third-order valence-corrected chi connectivity index (χ3v) is 16.5. The number of fused-ring (bicyclic) bond motifs is 8. The van der Waals surface area contributed by atoms with Crippen molar-refractivity contribution in [3.05, 3.63) is 170 Å². The van der Waals surface area contributed by atoms with Crippen LogP contribution in [0.25, 0.3) is 78.1 Å². The summed E-state index contributed by atoms with van der Waals surface area (Å²) in [6, 6.07) is 30.7. The SMILES string of the molecule is Cc1cc(C2=Cc3c(n(-c4ccc[nH]4)c4c5c6c(cc34)C(C)C(C)c3cc4c7cc(-c8cc(C)c(C)c(C)c8)ccc7n(-c7cccnc7)c4c(c3-6)C(C)C5C)CC2)cc(C)c1C. The first-order valence-electron chi connectivity index (χ1n) is 23.2. The molecular formula is C59H56N4. The Morgan fingerprint density at radius 1 is 0.571 bits per heavy atom. The Labute approximate surface area is 371 Å². The fourth-order valence-electron chi connectivity index (χ4n) is 12.2. The number of hydrogen-bond acceptors (Lipinski definition) is 1. The van der Waals surface area contributed by atoms with E-state index in [2.05, 4.69) is 174 Å². The summed E-state index contributed by atoms with van der Waals surface area (Å²) in [4.78, 5) is 8.38. The maximum Gasteiger partial charge on any atom is 0.114 e. The molecule has 4 nitrogen and oxygen atoms in total. The quantitative estimate of drug-likeness (QED) is 0.189. The van der Waals surface area contributed by atoms with Crippen molar-refractivity contribution in [3.63, 3.8) is 0 Å². The number of hydrogen-bond donors (Lipinski definition) is 1. The molecule has 0 fully saturated rings. The van der Waals surface area contributed by atoms with E-state index >= 15 is 0 Å². The third-order valence-electron chi connectivity index (χ3n) is 16.5. The highest BCUT2D eigenvalue weighted by atomic mass is 15.1. The van der Waals surface area contributed by atoms with Gasteiger partial charge in [-0.15, -0.1) is 0 Å². The Bertz CT molecular complexity index is 3410. The Morgan fingerprint density at radius 3 is 1.79 bits per heavy atom. The molecule has 0 bridgehead atoms. The van der Waals surface area contributed by atoms with Gasteiger partial charge in [0.25, 0.3) is 0 Å². The highest BCUT2D eigenvalue weighted by molar-refractivity contribution is 6.15. The molecular weight excluding hydrogens is 765 g/mol. The minimum atomic E-state index is 0.254. The largest absolute Gasteiger partial charge is 0.348 e. The number of benzene rings is 5. The number of aryl methyl sites for hydroxylation is 4. The molecule has 3 aliphatic rings. The Balaban J connectivity index is 1.19. The number of nitrogens with one attached hydrogen (secondary N) is 1. The maximum atomic E-state index is 4.70. The lowest BCUT2D eigenvalue weighted by Gasteiger charge is -2.42. The van der Waals surface area contributed by atoms with E-state index in [1.807, 2.05) is 12.4 Å². The van der Waals surface area contributed by atoms with Gasteiger partial charge in [-0.3, -0.25) is 9.55 Å². The van der Waals surface area contributed by atoms with Gasteiger partial charge in [0, 0.05) is 39.8 Å². The van der Waals surface area contributed by atoms with Crippen LogP contribution in [0.4, 0.5) is 0 Å². The number of pyridine rings is 1. The molecule has 4 atom stereocenters. The van der Waals surface area contributed by atoms with Gasteiger partial charge in [0.2, 0.25) is 0 Å². The molecule has 4 heterocycles. The number of rotatable bonds is 4. The van der Waals surface area contributed by atoms with Gasteiger partial charge in [-0.1, -0.05) is 58.0 Å². The number of allylic oxidation sites excluding steroid dienone is 1. The number of nitrogens with zero attached hydrogens (tertiary/aromatic N) is 3. The monoisotopic (exact) mass is 820 g/mol. The van der Waals surface area contributed by atoms with E-state index in [0.717, 1.165) is 24.3 Å². The first-order valence-corrected chi connectivity index (χ1v) is 23.2. The lowest BCUT2D eigenvalue weighted by molar-refractivity contribution is 0.584. The van der Waals surface area contributed by atoms with Crippen molar-refractivity contribution in [2.24, 2.45) is 0 Å². The van der Waals surface area contributed by atoms with Crippen molar-refractivity contribution < 1.29 is 0 Å².